The first-order valence-corrected chi connectivity index (χ1v) is 6.07. The van der Waals surface area contributed by atoms with E-state index in [1.807, 2.05) is 4.90 Å². The van der Waals surface area contributed by atoms with E-state index in [2.05, 4.69) is 0 Å². The Hall–Kier alpha value is -0.970. The smallest absolute Gasteiger partial charge is 0.371 e. The fourth-order valence-electron chi connectivity index (χ4n) is 2.04. The van der Waals surface area contributed by atoms with Gasteiger partial charge in [-0.05, 0) is 31.0 Å². The standard InChI is InChI=1S/C12H12ClF4N/c13-8-3-5-18(6-4-8)9-1-2-10(11(14)7-9)12(15,16)17/h1-2,7-8H,3-6H2. The van der Waals surface area contributed by atoms with Crippen molar-refractivity contribution in [2.75, 3.05) is 18.0 Å². The zero-order valence-corrected chi connectivity index (χ0v) is 10.2. The van der Waals surface area contributed by atoms with Crippen molar-refractivity contribution in [2.45, 2.75) is 24.4 Å². The molecule has 0 saturated carbocycles. The molecule has 1 aromatic carbocycles. The number of hydrogen-bond donors (Lipinski definition) is 0. The molecule has 0 radical (unpaired) electrons. The molecular weight excluding hydrogens is 270 g/mol. The molecule has 1 aliphatic heterocycles. The van der Waals surface area contributed by atoms with Crippen molar-refractivity contribution in [3.63, 3.8) is 0 Å². The van der Waals surface area contributed by atoms with Crippen molar-refractivity contribution in [1.29, 1.82) is 0 Å². The minimum atomic E-state index is -4.65. The zero-order chi connectivity index (χ0) is 13.3. The van der Waals surface area contributed by atoms with Gasteiger partial charge in [0, 0.05) is 24.2 Å². The van der Waals surface area contributed by atoms with E-state index in [9.17, 15) is 17.6 Å². The van der Waals surface area contributed by atoms with Crippen molar-refractivity contribution in [3.8, 4) is 0 Å². The summed E-state index contributed by atoms with van der Waals surface area (Å²) in [6, 6.07) is 3.04. The molecule has 0 unspecified atom stereocenters. The number of halogens is 5. The van der Waals surface area contributed by atoms with Crippen LogP contribution in [-0.4, -0.2) is 18.5 Å². The summed E-state index contributed by atoms with van der Waals surface area (Å²) in [5.41, 5.74) is -0.748. The van der Waals surface area contributed by atoms with Crippen LogP contribution in [-0.2, 0) is 6.18 Å². The van der Waals surface area contributed by atoms with E-state index in [-0.39, 0.29) is 5.38 Å². The molecule has 100 valence electrons. The number of piperidine rings is 1. The molecule has 0 aromatic heterocycles. The summed E-state index contributed by atoms with van der Waals surface area (Å²) >= 11 is 5.94. The SMILES string of the molecule is Fc1cc(N2CCC(Cl)CC2)ccc1C(F)(F)F. The minimum absolute atomic E-state index is 0.0977. The van der Waals surface area contributed by atoms with Crippen LogP contribution in [0.3, 0.4) is 0 Å². The molecule has 0 amide bonds. The molecule has 0 aliphatic carbocycles. The predicted octanol–water partition coefficient (Wildman–Crippen LogP) is 4.05. The zero-order valence-electron chi connectivity index (χ0n) is 9.47. The maximum atomic E-state index is 13.4. The third-order valence-corrected chi connectivity index (χ3v) is 3.48. The lowest BCUT2D eigenvalue weighted by Gasteiger charge is -2.31. The molecular formula is C12H12ClF4N. The minimum Gasteiger partial charge on any atom is -0.371 e. The number of anilines is 1. The van der Waals surface area contributed by atoms with Crippen LogP contribution >= 0.6 is 11.6 Å². The van der Waals surface area contributed by atoms with Crippen LogP contribution in [0.25, 0.3) is 0 Å². The molecule has 18 heavy (non-hydrogen) atoms. The Bertz CT molecular complexity index is 425. The first kappa shape index (κ1) is 13.5. The predicted molar refractivity (Wildman–Crippen MR) is 62.5 cm³/mol. The molecule has 1 saturated heterocycles. The molecule has 1 heterocycles. The Kier molecular flexibility index (Phi) is 3.71. The fourth-order valence-corrected chi connectivity index (χ4v) is 2.23. The lowest BCUT2D eigenvalue weighted by atomic mass is 10.1. The van der Waals surface area contributed by atoms with Crippen LogP contribution < -0.4 is 4.90 Å². The summed E-state index contributed by atoms with van der Waals surface area (Å²) in [4.78, 5) is 1.85. The van der Waals surface area contributed by atoms with Gasteiger partial charge in [0.25, 0.3) is 0 Å². The average molecular weight is 282 g/mol. The second-order valence-electron chi connectivity index (χ2n) is 4.32. The normalized spacial score (nSPS) is 18.2. The van der Waals surface area contributed by atoms with Gasteiger partial charge in [-0.2, -0.15) is 13.2 Å². The van der Waals surface area contributed by atoms with Crippen LogP contribution in [0.2, 0.25) is 0 Å². The van der Waals surface area contributed by atoms with Crippen LogP contribution in [0.4, 0.5) is 23.2 Å². The van der Waals surface area contributed by atoms with E-state index < -0.39 is 17.6 Å². The van der Waals surface area contributed by atoms with Crippen molar-refractivity contribution < 1.29 is 17.6 Å². The molecule has 0 N–H and O–H groups in total. The lowest BCUT2D eigenvalue weighted by molar-refractivity contribution is -0.139. The lowest BCUT2D eigenvalue weighted by Crippen LogP contribution is -2.34. The van der Waals surface area contributed by atoms with Crippen molar-refractivity contribution in [2.24, 2.45) is 0 Å². The fraction of sp³-hybridized carbons (Fsp3) is 0.500. The number of benzene rings is 1. The van der Waals surface area contributed by atoms with E-state index in [0.29, 0.717) is 18.8 Å². The highest BCUT2D eigenvalue weighted by molar-refractivity contribution is 6.20. The monoisotopic (exact) mass is 281 g/mol. The van der Waals surface area contributed by atoms with E-state index in [4.69, 9.17) is 11.6 Å². The highest BCUT2D eigenvalue weighted by Gasteiger charge is 2.34. The topological polar surface area (TPSA) is 3.24 Å². The van der Waals surface area contributed by atoms with Gasteiger partial charge in [0.1, 0.15) is 5.82 Å². The van der Waals surface area contributed by atoms with Gasteiger partial charge in [0.2, 0.25) is 0 Å². The Morgan fingerprint density at radius 1 is 1.17 bits per heavy atom. The van der Waals surface area contributed by atoms with Crippen LogP contribution in [0.15, 0.2) is 18.2 Å². The van der Waals surface area contributed by atoms with E-state index >= 15 is 0 Å². The third kappa shape index (κ3) is 2.88. The number of nitrogens with zero attached hydrogens (tertiary/aromatic N) is 1. The van der Waals surface area contributed by atoms with Crippen LogP contribution in [0, 0.1) is 5.82 Å². The maximum Gasteiger partial charge on any atom is 0.419 e. The molecule has 6 heteroatoms. The van der Waals surface area contributed by atoms with Gasteiger partial charge in [-0.3, -0.25) is 0 Å². The molecule has 0 bridgehead atoms. The van der Waals surface area contributed by atoms with Gasteiger partial charge in [0.05, 0.1) is 5.56 Å². The third-order valence-electron chi connectivity index (χ3n) is 3.05. The van der Waals surface area contributed by atoms with Gasteiger partial charge in [-0.25, -0.2) is 4.39 Å². The Morgan fingerprint density at radius 2 is 1.78 bits per heavy atom. The molecule has 0 spiro atoms. The average Bonchev–Trinajstić information content (AvgIpc) is 2.28. The summed E-state index contributed by atoms with van der Waals surface area (Å²) in [5, 5.41) is 0.0977. The molecule has 0 atom stereocenters. The molecule has 1 fully saturated rings. The molecule has 2 rings (SSSR count). The van der Waals surface area contributed by atoms with E-state index in [1.165, 1.54) is 6.07 Å². The number of hydrogen-bond acceptors (Lipinski definition) is 1. The van der Waals surface area contributed by atoms with Crippen molar-refractivity contribution in [1.82, 2.24) is 0 Å². The summed E-state index contributed by atoms with van der Waals surface area (Å²) in [6.07, 6.45) is -3.14. The Labute approximate surface area is 107 Å². The van der Waals surface area contributed by atoms with E-state index in [1.54, 1.807) is 0 Å². The second kappa shape index (κ2) is 4.96. The molecule has 1 aliphatic rings. The summed E-state index contributed by atoms with van der Waals surface area (Å²) < 4.78 is 50.6. The van der Waals surface area contributed by atoms with Crippen molar-refractivity contribution in [3.05, 3.63) is 29.6 Å². The first-order valence-electron chi connectivity index (χ1n) is 5.63. The van der Waals surface area contributed by atoms with Crippen molar-refractivity contribution >= 4 is 17.3 Å². The first-order chi connectivity index (χ1) is 8.38. The number of rotatable bonds is 1. The maximum absolute atomic E-state index is 13.4. The molecule has 1 nitrogen and oxygen atoms in total. The van der Waals surface area contributed by atoms with Gasteiger partial charge < -0.3 is 4.90 Å². The van der Waals surface area contributed by atoms with Gasteiger partial charge in [-0.1, -0.05) is 0 Å². The highest BCUT2D eigenvalue weighted by Crippen LogP contribution is 2.33. The number of alkyl halides is 4. The summed E-state index contributed by atoms with van der Waals surface area (Å²) in [5.74, 6) is -1.23. The highest BCUT2D eigenvalue weighted by atomic mass is 35.5. The summed E-state index contributed by atoms with van der Waals surface area (Å²) in [6.45, 7) is 1.28. The van der Waals surface area contributed by atoms with Crippen LogP contribution in [0.1, 0.15) is 18.4 Å². The Balaban J connectivity index is 2.19. The summed E-state index contributed by atoms with van der Waals surface area (Å²) in [7, 11) is 0. The Morgan fingerprint density at radius 3 is 2.28 bits per heavy atom. The second-order valence-corrected chi connectivity index (χ2v) is 4.94. The largest absolute Gasteiger partial charge is 0.419 e. The quantitative estimate of drug-likeness (QED) is 0.554. The van der Waals surface area contributed by atoms with E-state index in [0.717, 1.165) is 25.0 Å². The van der Waals surface area contributed by atoms with Gasteiger partial charge in [0.15, 0.2) is 0 Å². The molecule has 1 aromatic rings. The van der Waals surface area contributed by atoms with Gasteiger partial charge in [-0.15, -0.1) is 11.6 Å². The van der Waals surface area contributed by atoms with Crippen LogP contribution in [0.5, 0.6) is 0 Å². The van der Waals surface area contributed by atoms with Gasteiger partial charge >= 0.3 is 6.18 Å².